The number of aryl methyl sites for hydroxylation is 2. The Morgan fingerprint density at radius 2 is 1.70 bits per heavy atom. The number of allylic oxidation sites excluding steroid dienone is 1. The highest BCUT2D eigenvalue weighted by Crippen LogP contribution is 2.36. The van der Waals surface area contributed by atoms with Crippen LogP contribution in [0.1, 0.15) is 54.5 Å². The molecule has 2 aromatic carbocycles. The number of likely N-dealkylation sites (tertiary alicyclic amines) is 1. The van der Waals surface area contributed by atoms with Gasteiger partial charge in [-0.25, -0.2) is 0 Å². The molecule has 7 nitrogen and oxygen atoms in total. The number of carbonyl (C=O) groups is 1. The molecule has 170 valence electrons. The van der Waals surface area contributed by atoms with Crippen molar-refractivity contribution in [1.82, 2.24) is 25.1 Å². The van der Waals surface area contributed by atoms with Crippen LogP contribution in [-0.2, 0) is 4.79 Å². The molecule has 1 saturated heterocycles. The maximum atomic E-state index is 13.4. The van der Waals surface area contributed by atoms with Gasteiger partial charge in [0.1, 0.15) is 12.6 Å². The summed E-state index contributed by atoms with van der Waals surface area (Å²) in [7, 11) is 0. The minimum Gasteiger partial charge on any atom is -0.338 e. The van der Waals surface area contributed by atoms with Crippen molar-refractivity contribution < 1.29 is 4.79 Å². The summed E-state index contributed by atoms with van der Waals surface area (Å²) in [5, 5.41) is 12.7. The van der Waals surface area contributed by atoms with Crippen molar-refractivity contribution in [2.24, 2.45) is 0 Å². The zero-order chi connectivity index (χ0) is 22.9. The molecule has 0 radical (unpaired) electrons. The third-order valence-corrected chi connectivity index (χ3v) is 6.77. The van der Waals surface area contributed by atoms with Crippen LogP contribution >= 0.6 is 0 Å². The van der Waals surface area contributed by atoms with Gasteiger partial charge in [0, 0.05) is 12.6 Å². The molecule has 0 N–H and O–H groups in total. The minimum atomic E-state index is -0.146. The molecule has 0 spiro atoms. The van der Waals surface area contributed by atoms with Crippen molar-refractivity contribution in [3.8, 4) is 0 Å². The van der Waals surface area contributed by atoms with Crippen molar-refractivity contribution >= 4 is 17.6 Å². The van der Waals surface area contributed by atoms with Crippen LogP contribution in [0.15, 0.2) is 54.6 Å². The highest BCUT2D eigenvalue weighted by Gasteiger charge is 2.34. The van der Waals surface area contributed by atoms with Gasteiger partial charge in [0.15, 0.2) is 0 Å². The first-order valence-corrected chi connectivity index (χ1v) is 11.7. The summed E-state index contributed by atoms with van der Waals surface area (Å²) >= 11 is 0. The van der Waals surface area contributed by atoms with Gasteiger partial charge in [0.05, 0.1) is 5.70 Å². The van der Waals surface area contributed by atoms with Gasteiger partial charge in [-0.2, -0.15) is 4.68 Å². The molecule has 0 unspecified atom stereocenters. The van der Waals surface area contributed by atoms with Gasteiger partial charge >= 0.3 is 0 Å². The fourth-order valence-electron chi connectivity index (χ4n) is 4.79. The van der Waals surface area contributed by atoms with Gasteiger partial charge in [-0.1, -0.05) is 64.8 Å². The zero-order valence-corrected chi connectivity index (χ0v) is 19.5. The number of amides is 1. The number of fused-ring (bicyclic) bond motifs is 1. The van der Waals surface area contributed by atoms with Crippen LogP contribution in [0.5, 0.6) is 0 Å². The van der Waals surface area contributed by atoms with Crippen molar-refractivity contribution in [3.05, 3.63) is 76.9 Å². The van der Waals surface area contributed by atoms with Crippen LogP contribution in [0.2, 0.25) is 0 Å². The van der Waals surface area contributed by atoms with Crippen LogP contribution in [0, 0.1) is 13.8 Å². The van der Waals surface area contributed by atoms with E-state index in [0.717, 1.165) is 36.2 Å². The number of benzene rings is 2. The molecule has 2 aliphatic rings. The maximum absolute atomic E-state index is 13.4. The summed E-state index contributed by atoms with van der Waals surface area (Å²) < 4.78 is 1.81. The number of aromatic nitrogens is 4. The average Bonchev–Trinajstić information content (AvgIpc) is 3.31. The van der Waals surface area contributed by atoms with E-state index in [4.69, 9.17) is 0 Å². The fraction of sp³-hybridized carbons (Fsp3) is 0.385. The number of anilines is 1. The molecule has 2 atom stereocenters. The van der Waals surface area contributed by atoms with Crippen LogP contribution in [0.4, 0.5) is 5.95 Å². The van der Waals surface area contributed by atoms with Crippen molar-refractivity contribution in [2.75, 3.05) is 18.0 Å². The van der Waals surface area contributed by atoms with E-state index in [1.807, 2.05) is 14.5 Å². The molecule has 3 aromatic rings. The molecule has 1 amide bonds. The Labute approximate surface area is 194 Å². The van der Waals surface area contributed by atoms with E-state index in [-0.39, 0.29) is 24.5 Å². The van der Waals surface area contributed by atoms with Crippen molar-refractivity contribution in [2.45, 2.75) is 52.1 Å². The molecule has 1 aromatic heterocycles. The third kappa shape index (κ3) is 4.15. The van der Waals surface area contributed by atoms with E-state index in [2.05, 4.69) is 90.9 Å². The first-order chi connectivity index (χ1) is 16.0. The topological polar surface area (TPSA) is 67.2 Å². The first kappa shape index (κ1) is 21.4. The minimum absolute atomic E-state index is 0.114. The average molecular weight is 443 g/mol. The molecule has 0 bridgehead atoms. The van der Waals surface area contributed by atoms with Gasteiger partial charge in [-0.05, 0) is 67.7 Å². The predicted octanol–water partition coefficient (Wildman–Crippen LogP) is 4.14. The van der Waals surface area contributed by atoms with E-state index in [1.165, 1.54) is 17.5 Å². The van der Waals surface area contributed by atoms with Gasteiger partial charge in [0.2, 0.25) is 5.91 Å². The quantitative estimate of drug-likeness (QED) is 0.607. The van der Waals surface area contributed by atoms with Crippen molar-refractivity contribution in [3.63, 3.8) is 0 Å². The number of hydrogen-bond donors (Lipinski definition) is 0. The molecule has 0 saturated carbocycles. The number of piperidine rings is 1. The Morgan fingerprint density at radius 1 is 1.00 bits per heavy atom. The Kier molecular flexibility index (Phi) is 5.70. The Bertz CT molecular complexity index is 1160. The van der Waals surface area contributed by atoms with E-state index in [1.54, 1.807) is 0 Å². The molecular formula is C26H30N6O. The molecule has 1 fully saturated rings. The van der Waals surface area contributed by atoms with E-state index < -0.39 is 0 Å². The first-order valence-electron chi connectivity index (χ1n) is 11.7. The number of hydrogen-bond acceptors (Lipinski definition) is 5. The third-order valence-electron chi connectivity index (χ3n) is 6.77. The second-order valence-corrected chi connectivity index (χ2v) is 9.21. The Balaban J connectivity index is 1.56. The molecule has 5 rings (SSSR count). The van der Waals surface area contributed by atoms with E-state index in [0.29, 0.717) is 5.95 Å². The Hall–Kier alpha value is -3.48. The highest BCUT2D eigenvalue weighted by atomic mass is 16.2. The fourth-order valence-corrected chi connectivity index (χ4v) is 4.79. The van der Waals surface area contributed by atoms with Crippen LogP contribution in [-0.4, -0.2) is 50.1 Å². The summed E-state index contributed by atoms with van der Waals surface area (Å²) in [6, 6.07) is 17.0. The molecule has 7 heteroatoms. The summed E-state index contributed by atoms with van der Waals surface area (Å²) in [4.78, 5) is 17.4. The van der Waals surface area contributed by atoms with Gasteiger partial charge < -0.3 is 4.90 Å². The maximum Gasteiger partial charge on any atom is 0.251 e. The lowest BCUT2D eigenvalue weighted by molar-refractivity contribution is -0.132. The molecule has 3 heterocycles. The van der Waals surface area contributed by atoms with Crippen LogP contribution in [0.3, 0.4) is 0 Å². The summed E-state index contributed by atoms with van der Waals surface area (Å²) in [5.74, 6) is 0.709. The van der Waals surface area contributed by atoms with Crippen molar-refractivity contribution in [1.29, 1.82) is 0 Å². The number of tetrazole rings is 1. The molecule has 2 aliphatic heterocycles. The summed E-state index contributed by atoms with van der Waals surface area (Å²) in [6.07, 6.45) is 5.47. The number of carbonyl (C=O) groups excluding carboxylic acids is 1. The summed E-state index contributed by atoms with van der Waals surface area (Å²) in [6.45, 7) is 7.32. The Morgan fingerprint density at radius 3 is 2.39 bits per heavy atom. The number of rotatable bonds is 4. The lowest BCUT2D eigenvalue weighted by atomic mass is 9.99. The highest BCUT2D eigenvalue weighted by molar-refractivity contribution is 5.89. The predicted molar refractivity (Wildman–Crippen MR) is 129 cm³/mol. The standard InChI is InChI=1S/C26H30N6O/c1-18-7-11-21(12-8-18)23-16-24(22-13-9-19(2)10-14-22)32-26(27-28-29-32)31(23)17-25(33)30-15-5-4-6-20(30)3/h7-14,16,20,24H,4-6,15,17H2,1-3H3/t20-,24-/m1/s1. The second kappa shape index (κ2) is 8.81. The zero-order valence-electron chi connectivity index (χ0n) is 19.5. The molecule has 33 heavy (non-hydrogen) atoms. The number of nitrogens with zero attached hydrogens (tertiary/aromatic N) is 6. The van der Waals surface area contributed by atoms with Crippen LogP contribution in [0.25, 0.3) is 5.70 Å². The summed E-state index contributed by atoms with van der Waals surface area (Å²) in [5.41, 5.74) is 5.51. The second-order valence-electron chi connectivity index (χ2n) is 9.21. The monoisotopic (exact) mass is 442 g/mol. The van der Waals surface area contributed by atoms with Crippen LogP contribution < -0.4 is 4.90 Å². The molecule has 0 aliphatic carbocycles. The SMILES string of the molecule is Cc1ccc(C2=C[C@H](c3ccc(C)cc3)n3nnnc3N2CC(=O)N2CCCC[C@H]2C)cc1. The van der Waals surface area contributed by atoms with Gasteiger partial charge in [-0.15, -0.1) is 0 Å². The lowest BCUT2D eigenvalue weighted by Crippen LogP contribution is -2.47. The van der Waals surface area contributed by atoms with Gasteiger partial charge in [0.25, 0.3) is 5.95 Å². The lowest BCUT2D eigenvalue weighted by Gasteiger charge is -2.37. The largest absolute Gasteiger partial charge is 0.338 e. The van der Waals surface area contributed by atoms with Gasteiger partial charge in [-0.3, -0.25) is 9.69 Å². The van der Waals surface area contributed by atoms with E-state index >= 15 is 0 Å². The van der Waals surface area contributed by atoms with E-state index in [9.17, 15) is 4.79 Å². The molecular weight excluding hydrogens is 412 g/mol. The normalized spacial score (nSPS) is 20.4. The smallest absolute Gasteiger partial charge is 0.251 e.